The van der Waals surface area contributed by atoms with Crippen LogP contribution in [0.5, 0.6) is 0 Å². The van der Waals surface area contributed by atoms with Crippen molar-refractivity contribution < 1.29 is 14.2 Å². The quantitative estimate of drug-likeness (QED) is 0.890. The number of aryl methyl sites for hydroxylation is 1. The SMILES string of the molecule is Cc1cc(C(O)C2(C#N)CC3CCC2O3)ccc1F. The molecule has 0 aromatic heterocycles. The van der Waals surface area contributed by atoms with Gasteiger partial charge in [0.25, 0.3) is 0 Å². The Kier molecular flexibility index (Phi) is 2.84. The van der Waals surface area contributed by atoms with Gasteiger partial charge in [-0.05, 0) is 43.4 Å². The number of hydrogen-bond acceptors (Lipinski definition) is 3. The second kappa shape index (κ2) is 4.29. The molecular weight excluding hydrogens is 245 g/mol. The summed E-state index contributed by atoms with van der Waals surface area (Å²) >= 11 is 0. The highest BCUT2D eigenvalue weighted by molar-refractivity contribution is 5.30. The lowest BCUT2D eigenvalue weighted by Gasteiger charge is -2.33. The molecule has 1 aromatic rings. The molecule has 0 saturated carbocycles. The van der Waals surface area contributed by atoms with Crippen LogP contribution in [0.4, 0.5) is 4.39 Å². The van der Waals surface area contributed by atoms with E-state index in [9.17, 15) is 14.8 Å². The van der Waals surface area contributed by atoms with Gasteiger partial charge in [0.1, 0.15) is 17.3 Å². The lowest BCUT2D eigenvalue weighted by molar-refractivity contribution is 0.00336. The van der Waals surface area contributed by atoms with Crippen LogP contribution in [-0.2, 0) is 4.74 Å². The van der Waals surface area contributed by atoms with E-state index in [2.05, 4.69) is 6.07 Å². The zero-order valence-electron chi connectivity index (χ0n) is 10.8. The van der Waals surface area contributed by atoms with Crippen molar-refractivity contribution in [2.75, 3.05) is 0 Å². The van der Waals surface area contributed by atoms with Crippen molar-refractivity contribution >= 4 is 0 Å². The van der Waals surface area contributed by atoms with Gasteiger partial charge >= 0.3 is 0 Å². The molecule has 0 aliphatic carbocycles. The van der Waals surface area contributed by atoms with E-state index in [0.717, 1.165) is 12.8 Å². The molecule has 4 heteroatoms. The lowest BCUT2D eigenvalue weighted by atomic mass is 9.69. The van der Waals surface area contributed by atoms with Gasteiger partial charge < -0.3 is 9.84 Å². The molecule has 2 heterocycles. The molecule has 3 rings (SSSR count). The zero-order chi connectivity index (χ0) is 13.6. The number of hydrogen-bond donors (Lipinski definition) is 1. The summed E-state index contributed by atoms with van der Waals surface area (Å²) in [6.45, 7) is 1.65. The Bertz CT molecular complexity index is 554. The van der Waals surface area contributed by atoms with Crippen LogP contribution in [0.15, 0.2) is 18.2 Å². The normalized spacial score (nSPS) is 34.2. The molecule has 0 spiro atoms. The van der Waals surface area contributed by atoms with Gasteiger partial charge in [0.15, 0.2) is 0 Å². The minimum atomic E-state index is -0.924. The number of fused-ring (bicyclic) bond motifs is 2. The Balaban J connectivity index is 1.96. The topological polar surface area (TPSA) is 53.2 Å². The van der Waals surface area contributed by atoms with E-state index in [4.69, 9.17) is 4.74 Å². The zero-order valence-corrected chi connectivity index (χ0v) is 10.8. The molecule has 2 aliphatic rings. The van der Waals surface area contributed by atoms with Crippen molar-refractivity contribution in [3.63, 3.8) is 0 Å². The van der Waals surface area contributed by atoms with Crippen molar-refractivity contribution in [1.29, 1.82) is 5.26 Å². The molecule has 2 fully saturated rings. The van der Waals surface area contributed by atoms with Crippen LogP contribution in [0.2, 0.25) is 0 Å². The molecule has 0 amide bonds. The van der Waals surface area contributed by atoms with E-state index < -0.39 is 11.5 Å². The van der Waals surface area contributed by atoms with Crippen LogP contribution in [-0.4, -0.2) is 17.3 Å². The molecule has 1 aromatic carbocycles. The van der Waals surface area contributed by atoms with Crippen molar-refractivity contribution in [3.05, 3.63) is 35.1 Å². The van der Waals surface area contributed by atoms with E-state index in [0.29, 0.717) is 17.5 Å². The van der Waals surface area contributed by atoms with Gasteiger partial charge in [-0.25, -0.2) is 4.39 Å². The Morgan fingerprint density at radius 3 is 2.84 bits per heavy atom. The maximum atomic E-state index is 13.3. The predicted molar refractivity (Wildman–Crippen MR) is 66.7 cm³/mol. The van der Waals surface area contributed by atoms with E-state index >= 15 is 0 Å². The molecule has 4 atom stereocenters. The Morgan fingerprint density at radius 2 is 2.32 bits per heavy atom. The van der Waals surface area contributed by atoms with E-state index in [1.807, 2.05) is 0 Å². The smallest absolute Gasteiger partial charge is 0.126 e. The average molecular weight is 261 g/mol. The number of aliphatic hydroxyl groups is 1. The molecule has 100 valence electrons. The van der Waals surface area contributed by atoms with Gasteiger partial charge in [0, 0.05) is 0 Å². The number of nitriles is 1. The van der Waals surface area contributed by atoms with E-state index in [1.54, 1.807) is 19.1 Å². The number of aliphatic hydroxyl groups excluding tert-OH is 1. The van der Waals surface area contributed by atoms with Crippen LogP contribution in [0.25, 0.3) is 0 Å². The molecule has 2 aliphatic heterocycles. The summed E-state index contributed by atoms with van der Waals surface area (Å²) in [5.41, 5.74) is 0.193. The van der Waals surface area contributed by atoms with Gasteiger partial charge in [-0.1, -0.05) is 12.1 Å². The first-order valence-electron chi connectivity index (χ1n) is 6.57. The summed E-state index contributed by atoms with van der Waals surface area (Å²) in [5.74, 6) is -0.300. The van der Waals surface area contributed by atoms with Crippen LogP contribution in [0, 0.1) is 29.5 Å². The summed E-state index contributed by atoms with van der Waals surface area (Å²) in [6.07, 6.45) is 1.29. The Labute approximate surface area is 111 Å². The van der Waals surface area contributed by atoms with Crippen molar-refractivity contribution in [3.8, 4) is 6.07 Å². The van der Waals surface area contributed by atoms with Crippen LogP contribution >= 0.6 is 0 Å². The maximum Gasteiger partial charge on any atom is 0.126 e. The molecule has 4 unspecified atom stereocenters. The summed E-state index contributed by atoms with van der Waals surface area (Å²) < 4.78 is 19.0. The first-order chi connectivity index (χ1) is 9.06. The van der Waals surface area contributed by atoms with E-state index in [1.165, 1.54) is 6.07 Å². The van der Waals surface area contributed by atoms with Gasteiger partial charge in [-0.15, -0.1) is 0 Å². The Morgan fingerprint density at radius 1 is 1.53 bits per heavy atom. The largest absolute Gasteiger partial charge is 0.387 e. The number of halogens is 1. The van der Waals surface area contributed by atoms with E-state index in [-0.39, 0.29) is 18.0 Å². The number of nitrogens with zero attached hydrogens (tertiary/aromatic N) is 1. The summed E-state index contributed by atoms with van der Waals surface area (Å²) in [4.78, 5) is 0. The third kappa shape index (κ3) is 1.77. The summed E-state index contributed by atoms with van der Waals surface area (Å²) in [6, 6.07) is 6.78. The third-order valence-electron chi connectivity index (χ3n) is 4.44. The molecule has 19 heavy (non-hydrogen) atoms. The molecule has 0 radical (unpaired) electrons. The molecular formula is C15H16FNO2. The number of rotatable bonds is 2. The van der Waals surface area contributed by atoms with Crippen LogP contribution in [0.3, 0.4) is 0 Å². The molecule has 3 nitrogen and oxygen atoms in total. The monoisotopic (exact) mass is 261 g/mol. The van der Waals surface area contributed by atoms with Gasteiger partial charge in [0.05, 0.1) is 18.3 Å². The first-order valence-corrected chi connectivity index (χ1v) is 6.57. The lowest BCUT2D eigenvalue weighted by Crippen LogP contribution is -2.37. The van der Waals surface area contributed by atoms with Crippen molar-refractivity contribution in [2.24, 2.45) is 5.41 Å². The second-order valence-electron chi connectivity index (χ2n) is 5.59. The fourth-order valence-corrected chi connectivity index (χ4v) is 3.34. The highest BCUT2D eigenvalue weighted by atomic mass is 19.1. The van der Waals surface area contributed by atoms with Crippen molar-refractivity contribution in [2.45, 2.75) is 44.5 Å². The van der Waals surface area contributed by atoms with Gasteiger partial charge in [-0.3, -0.25) is 0 Å². The standard InChI is InChI=1S/C15H16FNO2/c1-9-6-10(2-4-12(9)16)14(18)15(8-17)7-11-3-5-13(15)19-11/h2,4,6,11,13-14,18H,3,5,7H2,1H3. The molecule has 2 saturated heterocycles. The minimum Gasteiger partial charge on any atom is -0.387 e. The third-order valence-corrected chi connectivity index (χ3v) is 4.44. The highest BCUT2D eigenvalue weighted by Crippen LogP contribution is 2.53. The van der Waals surface area contributed by atoms with Crippen molar-refractivity contribution in [1.82, 2.24) is 0 Å². The fourth-order valence-electron chi connectivity index (χ4n) is 3.34. The van der Waals surface area contributed by atoms with Gasteiger partial charge in [0.2, 0.25) is 0 Å². The highest BCUT2D eigenvalue weighted by Gasteiger charge is 2.57. The predicted octanol–water partition coefficient (Wildman–Crippen LogP) is 2.63. The van der Waals surface area contributed by atoms with Gasteiger partial charge in [-0.2, -0.15) is 5.26 Å². The molecule has 2 bridgehead atoms. The van der Waals surface area contributed by atoms with Crippen LogP contribution < -0.4 is 0 Å². The average Bonchev–Trinajstić information content (AvgIpc) is 3.02. The minimum absolute atomic E-state index is 0.0841. The number of benzene rings is 1. The summed E-state index contributed by atoms with van der Waals surface area (Å²) in [5, 5.41) is 20.1. The first kappa shape index (κ1) is 12.6. The summed E-state index contributed by atoms with van der Waals surface area (Å²) in [7, 11) is 0. The second-order valence-corrected chi connectivity index (χ2v) is 5.59. The maximum absolute atomic E-state index is 13.3. The molecule has 1 N–H and O–H groups in total. The Hall–Kier alpha value is -1.44. The number of ether oxygens (including phenoxy) is 1. The fraction of sp³-hybridized carbons (Fsp3) is 0.533. The van der Waals surface area contributed by atoms with Crippen LogP contribution in [0.1, 0.15) is 36.5 Å².